The molecule has 0 fully saturated rings. The normalized spacial score (nSPS) is 12.1. The minimum atomic E-state index is -4.05. The number of aromatic nitrogens is 1. The summed E-state index contributed by atoms with van der Waals surface area (Å²) < 4.78 is 47.2. The second kappa shape index (κ2) is 4.26. The van der Waals surface area contributed by atoms with Crippen LogP contribution in [0.4, 0.5) is 8.78 Å². The average molecular weight is 348 g/mol. The summed E-state index contributed by atoms with van der Waals surface area (Å²) in [7, 11) is -4.05. The Labute approximate surface area is 99.1 Å². The fourth-order valence-electron chi connectivity index (χ4n) is 0.932. The molecular weight excluding hydrogens is 341 g/mol. The Morgan fingerprint density at radius 1 is 1.53 bits per heavy atom. The van der Waals surface area contributed by atoms with Crippen LogP contribution in [0.3, 0.4) is 0 Å². The molecule has 0 radical (unpaired) electrons. The lowest BCUT2D eigenvalue weighted by Gasteiger charge is -2.07. The number of hydrogen-bond acceptors (Lipinski definition) is 3. The molecule has 0 atom stereocenters. The highest BCUT2D eigenvalue weighted by molar-refractivity contribution is 14.1. The topological polar surface area (TPSA) is 73.1 Å². The third-order valence-electron chi connectivity index (χ3n) is 1.72. The molecule has 0 unspecified atom stereocenters. The number of primary sulfonamides is 1. The molecule has 0 bridgehead atoms. The first-order valence-corrected chi connectivity index (χ1v) is 6.34. The molecule has 0 saturated heterocycles. The molecule has 1 rings (SSSR count). The molecule has 84 valence electrons. The molecule has 2 N–H and O–H groups in total. The number of nitrogens with two attached hydrogens (primary N) is 1. The zero-order valence-electron chi connectivity index (χ0n) is 7.54. The third kappa shape index (κ3) is 2.82. The molecular formula is C7H7F2IN2O2S. The van der Waals surface area contributed by atoms with Gasteiger partial charge in [-0.25, -0.2) is 27.3 Å². The van der Waals surface area contributed by atoms with E-state index in [4.69, 9.17) is 5.14 Å². The second-order valence-electron chi connectivity index (χ2n) is 2.80. The molecule has 0 aliphatic heterocycles. The SMILES string of the molecule is Cc1c(I)cc(S(N)(=O)=O)nc1C(F)F. The minimum Gasteiger partial charge on any atom is -0.234 e. The van der Waals surface area contributed by atoms with E-state index in [0.717, 1.165) is 6.07 Å². The van der Waals surface area contributed by atoms with Crippen LogP contribution < -0.4 is 5.14 Å². The predicted molar refractivity (Wildman–Crippen MR) is 58.0 cm³/mol. The molecule has 1 aromatic heterocycles. The first-order valence-electron chi connectivity index (χ1n) is 3.71. The Hall–Kier alpha value is -0.350. The highest BCUT2D eigenvalue weighted by atomic mass is 127. The lowest BCUT2D eigenvalue weighted by Crippen LogP contribution is -2.16. The van der Waals surface area contributed by atoms with Gasteiger partial charge in [0.15, 0.2) is 5.03 Å². The summed E-state index contributed by atoms with van der Waals surface area (Å²) in [6, 6.07) is 1.16. The van der Waals surface area contributed by atoms with Crippen molar-refractivity contribution in [2.45, 2.75) is 18.4 Å². The smallest absolute Gasteiger partial charge is 0.234 e. The van der Waals surface area contributed by atoms with Crippen molar-refractivity contribution in [2.75, 3.05) is 0 Å². The summed E-state index contributed by atoms with van der Waals surface area (Å²) in [5.74, 6) is 0. The monoisotopic (exact) mass is 348 g/mol. The average Bonchev–Trinajstić information content (AvgIpc) is 2.06. The van der Waals surface area contributed by atoms with E-state index in [-0.39, 0.29) is 5.56 Å². The Morgan fingerprint density at radius 3 is 2.47 bits per heavy atom. The summed E-state index contributed by atoms with van der Waals surface area (Å²) in [6.45, 7) is 1.45. The lowest BCUT2D eigenvalue weighted by molar-refractivity contribution is 0.144. The Balaban J connectivity index is 3.50. The lowest BCUT2D eigenvalue weighted by atomic mass is 10.2. The van der Waals surface area contributed by atoms with Crippen LogP contribution in [0.2, 0.25) is 0 Å². The number of nitrogens with zero attached hydrogens (tertiary/aromatic N) is 1. The molecule has 4 nitrogen and oxygen atoms in total. The summed E-state index contributed by atoms with van der Waals surface area (Å²) in [5.41, 5.74) is -0.288. The molecule has 1 heterocycles. The number of halogens is 3. The van der Waals surface area contributed by atoms with Crippen molar-refractivity contribution < 1.29 is 17.2 Å². The van der Waals surface area contributed by atoms with Crippen LogP contribution in [0.5, 0.6) is 0 Å². The van der Waals surface area contributed by atoms with Gasteiger partial charge in [-0.2, -0.15) is 0 Å². The van der Waals surface area contributed by atoms with Crippen molar-refractivity contribution >= 4 is 32.6 Å². The van der Waals surface area contributed by atoms with Gasteiger partial charge in [-0.15, -0.1) is 0 Å². The summed E-state index contributed by atoms with van der Waals surface area (Å²) >= 11 is 1.76. The third-order valence-corrected chi connectivity index (χ3v) is 3.63. The molecule has 0 aliphatic carbocycles. The highest BCUT2D eigenvalue weighted by Crippen LogP contribution is 2.25. The molecule has 0 saturated carbocycles. The first-order chi connectivity index (χ1) is 6.73. The predicted octanol–water partition coefficient (Wildman–Crippen LogP) is 1.58. The van der Waals surface area contributed by atoms with Crippen LogP contribution in [0.1, 0.15) is 17.7 Å². The van der Waals surface area contributed by atoms with Gasteiger partial charge in [-0.3, -0.25) is 0 Å². The van der Waals surface area contributed by atoms with Crippen molar-refractivity contribution in [1.29, 1.82) is 0 Å². The van der Waals surface area contributed by atoms with Crippen molar-refractivity contribution in [2.24, 2.45) is 5.14 Å². The molecule has 0 aromatic carbocycles. The zero-order valence-corrected chi connectivity index (χ0v) is 10.5. The van der Waals surface area contributed by atoms with Crippen molar-refractivity contribution in [1.82, 2.24) is 4.98 Å². The fourth-order valence-corrected chi connectivity index (χ4v) is 2.22. The van der Waals surface area contributed by atoms with E-state index in [9.17, 15) is 17.2 Å². The minimum absolute atomic E-state index is 0.262. The maximum atomic E-state index is 12.5. The van der Waals surface area contributed by atoms with Gasteiger partial charge in [-0.05, 0) is 41.1 Å². The standard InChI is InChI=1S/C7H7F2IN2O2S/c1-3-4(10)2-5(15(11,13)14)12-6(3)7(8)9/h2,7H,1H3,(H2,11,13,14). The van der Waals surface area contributed by atoms with E-state index < -0.39 is 27.2 Å². The summed E-state index contributed by atoms with van der Waals surface area (Å²) in [4.78, 5) is 3.34. The van der Waals surface area contributed by atoms with E-state index in [2.05, 4.69) is 4.98 Å². The fraction of sp³-hybridized carbons (Fsp3) is 0.286. The van der Waals surface area contributed by atoms with Crippen LogP contribution in [-0.4, -0.2) is 13.4 Å². The van der Waals surface area contributed by atoms with Crippen molar-refractivity contribution in [3.63, 3.8) is 0 Å². The van der Waals surface area contributed by atoms with E-state index >= 15 is 0 Å². The Bertz CT molecular complexity index is 490. The molecule has 0 amide bonds. The van der Waals surface area contributed by atoms with Crippen molar-refractivity contribution in [3.05, 3.63) is 20.9 Å². The maximum absolute atomic E-state index is 12.5. The van der Waals surface area contributed by atoms with E-state index in [0.29, 0.717) is 3.57 Å². The summed E-state index contributed by atoms with van der Waals surface area (Å²) in [5, 5.41) is 4.27. The van der Waals surface area contributed by atoms with Crippen LogP contribution in [0, 0.1) is 10.5 Å². The zero-order chi connectivity index (χ0) is 11.8. The highest BCUT2D eigenvalue weighted by Gasteiger charge is 2.20. The Morgan fingerprint density at radius 2 is 2.07 bits per heavy atom. The molecule has 1 aromatic rings. The molecule has 0 spiro atoms. The number of pyridine rings is 1. The summed E-state index contributed by atoms with van der Waals surface area (Å²) in [6.07, 6.45) is -2.82. The molecule has 8 heteroatoms. The van der Waals surface area contributed by atoms with Gasteiger partial charge in [0.2, 0.25) is 0 Å². The maximum Gasteiger partial charge on any atom is 0.280 e. The quantitative estimate of drug-likeness (QED) is 0.825. The first kappa shape index (κ1) is 12.7. The number of sulfonamides is 1. The number of alkyl halides is 2. The van der Waals surface area contributed by atoms with Crippen LogP contribution >= 0.6 is 22.6 Å². The van der Waals surface area contributed by atoms with E-state index in [1.165, 1.54) is 6.92 Å². The van der Waals surface area contributed by atoms with Crippen LogP contribution in [0.25, 0.3) is 0 Å². The van der Waals surface area contributed by atoms with E-state index in [1.807, 2.05) is 0 Å². The van der Waals surface area contributed by atoms with Crippen molar-refractivity contribution in [3.8, 4) is 0 Å². The second-order valence-corrected chi connectivity index (χ2v) is 5.47. The van der Waals surface area contributed by atoms with Crippen LogP contribution in [-0.2, 0) is 10.0 Å². The van der Waals surface area contributed by atoms with Crippen LogP contribution in [0.15, 0.2) is 11.1 Å². The van der Waals surface area contributed by atoms with Gasteiger partial charge in [-0.1, -0.05) is 0 Å². The van der Waals surface area contributed by atoms with Gasteiger partial charge < -0.3 is 0 Å². The van der Waals surface area contributed by atoms with Gasteiger partial charge >= 0.3 is 0 Å². The van der Waals surface area contributed by atoms with E-state index in [1.54, 1.807) is 22.6 Å². The Kier molecular flexibility index (Phi) is 3.61. The molecule has 0 aliphatic rings. The molecule has 15 heavy (non-hydrogen) atoms. The van der Waals surface area contributed by atoms with Gasteiger partial charge in [0.1, 0.15) is 5.69 Å². The van der Waals surface area contributed by atoms with Gasteiger partial charge in [0.25, 0.3) is 16.4 Å². The van der Waals surface area contributed by atoms with Gasteiger partial charge in [0.05, 0.1) is 0 Å². The number of hydrogen-bond donors (Lipinski definition) is 1. The van der Waals surface area contributed by atoms with Gasteiger partial charge in [0, 0.05) is 3.57 Å². The largest absolute Gasteiger partial charge is 0.280 e. The number of rotatable bonds is 2.